The maximum Gasteiger partial charge on any atom is 0.265 e. The second kappa shape index (κ2) is 6.96. The summed E-state index contributed by atoms with van der Waals surface area (Å²) in [5, 5.41) is 5.30. The van der Waals surface area contributed by atoms with E-state index in [4.69, 9.17) is 22.1 Å². The lowest BCUT2D eigenvalue weighted by Gasteiger charge is -2.08. The summed E-state index contributed by atoms with van der Waals surface area (Å²) in [4.78, 5) is 30.7. The average molecular weight is 377 g/mol. The number of ether oxygens (including phenoxy) is 1. The number of benzene rings is 1. The Bertz CT molecular complexity index is 951. The van der Waals surface area contributed by atoms with E-state index in [9.17, 15) is 9.59 Å². The van der Waals surface area contributed by atoms with Crippen LogP contribution >= 0.6 is 22.9 Å². The molecule has 0 unspecified atom stereocenters. The molecule has 3 aromatic rings. The van der Waals surface area contributed by atoms with E-state index in [-0.39, 0.29) is 11.6 Å². The van der Waals surface area contributed by atoms with Gasteiger partial charge in [-0.3, -0.25) is 14.9 Å². The van der Waals surface area contributed by atoms with Crippen LogP contribution in [0.4, 0.5) is 5.13 Å². The van der Waals surface area contributed by atoms with Gasteiger partial charge >= 0.3 is 0 Å². The van der Waals surface area contributed by atoms with E-state index in [0.29, 0.717) is 32.7 Å². The van der Waals surface area contributed by atoms with Gasteiger partial charge in [0.05, 0.1) is 18.4 Å². The highest BCUT2D eigenvalue weighted by Crippen LogP contribution is 2.27. The Labute approximate surface area is 151 Å². The Morgan fingerprint density at radius 3 is 2.84 bits per heavy atom. The van der Waals surface area contributed by atoms with Gasteiger partial charge in [0, 0.05) is 22.2 Å². The molecule has 0 saturated heterocycles. The molecule has 0 aliphatic heterocycles. The second-order valence-electron chi connectivity index (χ2n) is 5.00. The van der Waals surface area contributed by atoms with E-state index in [1.165, 1.54) is 24.5 Å². The van der Waals surface area contributed by atoms with Crippen molar-refractivity contribution in [3.05, 3.63) is 52.1 Å². The zero-order valence-electron chi connectivity index (χ0n) is 13.0. The van der Waals surface area contributed by atoms with Crippen molar-refractivity contribution in [2.45, 2.75) is 0 Å². The molecule has 0 atom stereocenters. The Morgan fingerprint density at radius 1 is 1.36 bits per heavy atom. The molecule has 25 heavy (non-hydrogen) atoms. The number of H-pyrrole nitrogens is 1. The molecule has 0 radical (unpaired) electrons. The van der Waals surface area contributed by atoms with Crippen molar-refractivity contribution in [2.24, 2.45) is 5.73 Å². The highest BCUT2D eigenvalue weighted by molar-refractivity contribution is 7.14. The van der Waals surface area contributed by atoms with Crippen molar-refractivity contribution in [1.29, 1.82) is 0 Å². The number of primary amides is 1. The molecule has 2 heterocycles. The zero-order chi connectivity index (χ0) is 18.0. The summed E-state index contributed by atoms with van der Waals surface area (Å²) < 4.78 is 5.17. The van der Waals surface area contributed by atoms with Gasteiger partial charge in [0.15, 0.2) is 5.13 Å². The molecule has 0 fully saturated rings. The Hall–Kier alpha value is -2.84. The fourth-order valence-electron chi connectivity index (χ4n) is 2.17. The number of anilines is 1. The molecular weight excluding hydrogens is 364 g/mol. The number of methoxy groups -OCH3 is 1. The number of hydrogen-bond acceptors (Lipinski definition) is 5. The van der Waals surface area contributed by atoms with Crippen LogP contribution in [0.5, 0.6) is 5.75 Å². The largest absolute Gasteiger partial charge is 0.496 e. The number of nitrogens with two attached hydrogens (primary N) is 1. The number of rotatable bonds is 5. The van der Waals surface area contributed by atoms with Crippen LogP contribution in [-0.4, -0.2) is 28.9 Å². The number of hydrogen-bond donors (Lipinski definition) is 3. The summed E-state index contributed by atoms with van der Waals surface area (Å²) in [6.45, 7) is 0. The van der Waals surface area contributed by atoms with Gasteiger partial charge in [-0.1, -0.05) is 11.6 Å². The van der Waals surface area contributed by atoms with Crippen molar-refractivity contribution in [2.75, 3.05) is 12.4 Å². The van der Waals surface area contributed by atoms with Gasteiger partial charge in [-0.05, 0) is 24.3 Å². The van der Waals surface area contributed by atoms with Crippen LogP contribution in [-0.2, 0) is 0 Å². The van der Waals surface area contributed by atoms with Crippen LogP contribution in [0.2, 0.25) is 5.02 Å². The van der Waals surface area contributed by atoms with E-state index in [2.05, 4.69) is 15.3 Å². The van der Waals surface area contributed by atoms with Crippen LogP contribution in [0.3, 0.4) is 0 Å². The van der Waals surface area contributed by atoms with Gasteiger partial charge in [-0.25, -0.2) is 4.98 Å². The summed E-state index contributed by atoms with van der Waals surface area (Å²) in [5.41, 5.74) is 7.12. The molecule has 0 spiro atoms. The van der Waals surface area contributed by atoms with Gasteiger partial charge in [0.1, 0.15) is 11.4 Å². The number of nitrogens with zero attached hydrogens (tertiary/aromatic N) is 1. The molecule has 128 valence electrons. The Morgan fingerprint density at radius 2 is 2.16 bits per heavy atom. The maximum absolute atomic E-state index is 12.4. The molecule has 2 amide bonds. The summed E-state index contributed by atoms with van der Waals surface area (Å²) in [6.07, 6.45) is 1.63. The average Bonchev–Trinajstić information content (AvgIpc) is 3.23. The fourth-order valence-corrected chi connectivity index (χ4v) is 3.06. The summed E-state index contributed by atoms with van der Waals surface area (Å²) in [5.74, 6) is -0.523. The number of carbonyl (C=O) groups is 2. The first-order valence-electron chi connectivity index (χ1n) is 7.07. The summed E-state index contributed by atoms with van der Waals surface area (Å²) in [7, 11) is 1.48. The minimum atomic E-state index is -0.553. The fraction of sp³-hybridized carbons (Fsp3) is 0.0625. The molecule has 1 aromatic carbocycles. The molecule has 0 aliphatic carbocycles. The number of aromatic amines is 1. The molecule has 3 rings (SSSR count). The van der Waals surface area contributed by atoms with Crippen LogP contribution in [0, 0.1) is 0 Å². The first-order valence-corrected chi connectivity index (χ1v) is 8.32. The van der Waals surface area contributed by atoms with Crippen molar-refractivity contribution < 1.29 is 14.3 Å². The molecule has 4 N–H and O–H groups in total. The molecule has 0 saturated carbocycles. The maximum atomic E-state index is 12.4. The molecule has 7 nitrogen and oxygen atoms in total. The Balaban J connectivity index is 1.80. The van der Waals surface area contributed by atoms with Gasteiger partial charge < -0.3 is 15.5 Å². The molecule has 9 heteroatoms. The number of nitrogens with one attached hydrogen (secondary N) is 2. The normalized spacial score (nSPS) is 10.5. The van der Waals surface area contributed by atoms with E-state index >= 15 is 0 Å². The zero-order valence-corrected chi connectivity index (χ0v) is 14.6. The van der Waals surface area contributed by atoms with Crippen molar-refractivity contribution in [1.82, 2.24) is 9.97 Å². The van der Waals surface area contributed by atoms with Gasteiger partial charge in [-0.2, -0.15) is 0 Å². The standard InChI is InChI=1S/C16H13ClN4O3S/c1-24-13-3-2-9(17)5-10(13)15(23)21-16-20-12(7-25-16)8-4-11(14(18)22)19-6-8/h2-7,19H,1H3,(H2,18,22)(H,20,21,23). The van der Waals surface area contributed by atoms with Crippen molar-refractivity contribution in [3.8, 4) is 17.0 Å². The minimum absolute atomic E-state index is 0.289. The van der Waals surface area contributed by atoms with Crippen molar-refractivity contribution in [3.63, 3.8) is 0 Å². The van der Waals surface area contributed by atoms with E-state index < -0.39 is 5.91 Å². The van der Waals surface area contributed by atoms with Crippen molar-refractivity contribution >= 4 is 39.9 Å². The smallest absolute Gasteiger partial charge is 0.265 e. The van der Waals surface area contributed by atoms with Gasteiger partial charge in [-0.15, -0.1) is 11.3 Å². The molecule has 0 aliphatic rings. The number of amides is 2. The van der Waals surface area contributed by atoms with Gasteiger partial charge in [0.2, 0.25) is 0 Å². The number of thiazole rings is 1. The highest BCUT2D eigenvalue weighted by atomic mass is 35.5. The lowest BCUT2D eigenvalue weighted by molar-refractivity contribution is 0.0993. The van der Waals surface area contributed by atoms with E-state index in [1.807, 2.05) is 0 Å². The minimum Gasteiger partial charge on any atom is -0.496 e. The third-order valence-corrected chi connectivity index (χ3v) is 4.37. The number of aromatic nitrogens is 2. The Kier molecular flexibility index (Phi) is 4.73. The summed E-state index contributed by atoms with van der Waals surface area (Å²) >= 11 is 7.20. The molecular formula is C16H13ClN4O3S. The number of halogens is 1. The highest BCUT2D eigenvalue weighted by Gasteiger charge is 2.16. The topological polar surface area (TPSA) is 110 Å². The van der Waals surface area contributed by atoms with Gasteiger partial charge in [0.25, 0.3) is 11.8 Å². The SMILES string of the molecule is COc1ccc(Cl)cc1C(=O)Nc1nc(-c2c[nH]c(C(N)=O)c2)cs1. The first kappa shape index (κ1) is 17.0. The molecule has 0 bridgehead atoms. The van der Waals surface area contributed by atoms with Crippen LogP contribution < -0.4 is 15.8 Å². The predicted molar refractivity (Wildman–Crippen MR) is 96.4 cm³/mol. The summed E-state index contributed by atoms with van der Waals surface area (Å²) in [6, 6.07) is 6.38. The first-order chi connectivity index (χ1) is 12.0. The third-order valence-electron chi connectivity index (χ3n) is 3.38. The number of carbonyl (C=O) groups excluding carboxylic acids is 2. The monoisotopic (exact) mass is 376 g/mol. The van der Waals surface area contributed by atoms with Crippen LogP contribution in [0.15, 0.2) is 35.8 Å². The predicted octanol–water partition coefficient (Wildman–Crippen LogP) is 3.15. The van der Waals surface area contributed by atoms with Crippen LogP contribution in [0.25, 0.3) is 11.3 Å². The lowest BCUT2D eigenvalue weighted by atomic mass is 10.2. The third kappa shape index (κ3) is 3.65. The van der Waals surface area contributed by atoms with E-state index in [0.717, 1.165) is 0 Å². The van der Waals surface area contributed by atoms with Crippen LogP contribution in [0.1, 0.15) is 20.8 Å². The second-order valence-corrected chi connectivity index (χ2v) is 6.30. The quantitative estimate of drug-likeness (QED) is 0.635. The molecule has 2 aromatic heterocycles. The van der Waals surface area contributed by atoms with E-state index in [1.54, 1.807) is 29.8 Å². The lowest BCUT2D eigenvalue weighted by Crippen LogP contribution is -2.13.